The van der Waals surface area contributed by atoms with Gasteiger partial charge in [-0.2, -0.15) is 0 Å². The summed E-state index contributed by atoms with van der Waals surface area (Å²) in [5.41, 5.74) is 1.30. The molecule has 4 saturated carbocycles. The van der Waals surface area contributed by atoms with Crippen LogP contribution in [-0.2, 0) is 5.41 Å². The van der Waals surface area contributed by atoms with Crippen molar-refractivity contribution in [1.29, 1.82) is 0 Å². The van der Waals surface area contributed by atoms with Crippen LogP contribution in [0.15, 0.2) is 18.2 Å². The van der Waals surface area contributed by atoms with Crippen molar-refractivity contribution >= 4 is 5.97 Å². The van der Waals surface area contributed by atoms with Crippen LogP contribution in [0.25, 0.3) is 0 Å². The number of hydrogen-bond donors (Lipinski definition) is 2. The molecule has 0 saturated heterocycles. The van der Waals surface area contributed by atoms with Gasteiger partial charge in [0.05, 0.1) is 5.56 Å². The highest BCUT2D eigenvalue weighted by atomic mass is 16.4. The van der Waals surface area contributed by atoms with E-state index in [0.717, 1.165) is 23.3 Å². The van der Waals surface area contributed by atoms with Gasteiger partial charge in [-0.15, -0.1) is 0 Å². The van der Waals surface area contributed by atoms with Crippen molar-refractivity contribution in [2.24, 2.45) is 17.8 Å². The van der Waals surface area contributed by atoms with Crippen LogP contribution < -0.4 is 0 Å². The lowest BCUT2D eigenvalue weighted by Crippen LogP contribution is -2.48. The molecule has 0 aliphatic heterocycles. The molecule has 0 atom stereocenters. The van der Waals surface area contributed by atoms with Crippen molar-refractivity contribution in [3.63, 3.8) is 0 Å². The number of aromatic carboxylic acids is 1. The third-order valence-corrected chi connectivity index (χ3v) is 5.85. The second-order valence-electron chi connectivity index (χ2n) is 7.23. The minimum absolute atomic E-state index is 0.121. The van der Waals surface area contributed by atoms with Gasteiger partial charge >= 0.3 is 5.97 Å². The molecule has 1 aromatic rings. The summed E-state index contributed by atoms with van der Waals surface area (Å²) in [6.45, 7) is 0. The Morgan fingerprint density at radius 1 is 1.05 bits per heavy atom. The Kier molecular flexibility index (Phi) is 2.45. The zero-order valence-corrected chi connectivity index (χ0v) is 11.5. The Morgan fingerprint density at radius 2 is 1.60 bits per heavy atom. The molecule has 0 radical (unpaired) electrons. The summed E-state index contributed by atoms with van der Waals surface area (Å²) in [6, 6.07) is 4.94. The Balaban J connectivity index is 1.75. The fraction of sp³-hybridized carbons (Fsp3) is 0.588. The molecule has 3 heteroatoms. The number of phenolic OH excluding ortho intramolecular Hbond substituents is 1. The molecule has 5 rings (SSSR count). The smallest absolute Gasteiger partial charge is 0.335 e. The highest BCUT2D eigenvalue weighted by molar-refractivity contribution is 5.88. The van der Waals surface area contributed by atoms with Crippen molar-refractivity contribution in [3.8, 4) is 5.75 Å². The Labute approximate surface area is 118 Å². The van der Waals surface area contributed by atoms with Gasteiger partial charge in [0.25, 0.3) is 0 Å². The number of carboxylic acids is 1. The van der Waals surface area contributed by atoms with E-state index >= 15 is 0 Å². The number of rotatable bonds is 2. The van der Waals surface area contributed by atoms with E-state index in [9.17, 15) is 9.90 Å². The van der Waals surface area contributed by atoms with E-state index < -0.39 is 5.97 Å². The molecule has 4 bridgehead atoms. The van der Waals surface area contributed by atoms with Crippen LogP contribution >= 0.6 is 0 Å². The second kappa shape index (κ2) is 4.00. The van der Waals surface area contributed by atoms with Crippen LogP contribution in [0.5, 0.6) is 5.75 Å². The zero-order chi connectivity index (χ0) is 13.9. The van der Waals surface area contributed by atoms with Gasteiger partial charge < -0.3 is 10.2 Å². The normalized spacial score (nSPS) is 38.1. The Bertz CT molecular complexity index is 540. The Hall–Kier alpha value is -1.51. The summed E-state index contributed by atoms with van der Waals surface area (Å²) in [4.78, 5) is 11.0. The molecule has 0 aromatic heterocycles. The first-order valence-electron chi connectivity index (χ1n) is 7.62. The van der Waals surface area contributed by atoms with Crippen LogP contribution in [0, 0.1) is 17.8 Å². The first kappa shape index (κ1) is 12.2. The molecule has 2 N–H and O–H groups in total. The maximum Gasteiger partial charge on any atom is 0.335 e. The van der Waals surface area contributed by atoms with Crippen molar-refractivity contribution < 1.29 is 15.0 Å². The minimum Gasteiger partial charge on any atom is -0.508 e. The van der Waals surface area contributed by atoms with E-state index in [1.54, 1.807) is 6.07 Å². The molecule has 3 nitrogen and oxygen atoms in total. The third-order valence-electron chi connectivity index (χ3n) is 5.85. The second-order valence-corrected chi connectivity index (χ2v) is 7.23. The average Bonchev–Trinajstić information content (AvgIpc) is 2.36. The topological polar surface area (TPSA) is 57.5 Å². The summed E-state index contributed by atoms with van der Waals surface area (Å²) in [5, 5.41) is 19.4. The molecule has 0 spiro atoms. The predicted molar refractivity (Wildman–Crippen MR) is 74.9 cm³/mol. The minimum atomic E-state index is -0.975. The standard InChI is InChI=1S/C17H20O3/c18-15-6-13(16(19)20)1-2-14(15)17-7-10-3-11(8-17)5-12(4-10)9-17/h1-2,6,10-12,18H,3-5,7-9H2,(H,19,20). The van der Waals surface area contributed by atoms with Crippen LogP contribution in [0.3, 0.4) is 0 Å². The largest absolute Gasteiger partial charge is 0.508 e. The highest BCUT2D eigenvalue weighted by Crippen LogP contribution is 2.61. The van der Waals surface area contributed by atoms with Gasteiger partial charge in [-0.1, -0.05) is 6.07 Å². The van der Waals surface area contributed by atoms with E-state index in [1.165, 1.54) is 44.6 Å². The lowest BCUT2D eigenvalue weighted by Gasteiger charge is -2.57. The van der Waals surface area contributed by atoms with Crippen LogP contribution in [0.2, 0.25) is 0 Å². The molecule has 4 aliphatic rings. The fourth-order valence-electron chi connectivity index (χ4n) is 5.55. The lowest BCUT2D eigenvalue weighted by atomic mass is 9.48. The molecule has 106 valence electrons. The van der Waals surface area contributed by atoms with Gasteiger partial charge in [-0.3, -0.25) is 0 Å². The van der Waals surface area contributed by atoms with Crippen LogP contribution in [-0.4, -0.2) is 16.2 Å². The van der Waals surface area contributed by atoms with E-state index in [2.05, 4.69) is 0 Å². The maximum atomic E-state index is 11.0. The van der Waals surface area contributed by atoms with Gasteiger partial charge in [0.15, 0.2) is 0 Å². The average molecular weight is 272 g/mol. The van der Waals surface area contributed by atoms with E-state index in [1.807, 2.05) is 6.07 Å². The van der Waals surface area contributed by atoms with E-state index in [0.29, 0.717) is 0 Å². The van der Waals surface area contributed by atoms with Crippen LogP contribution in [0.4, 0.5) is 0 Å². The lowest BCUT2D eigenvalue weighted by molar-refractivity contribution is -0.00615. The number of carbonyl (C=O) groups is 1. The molecular formula is C17H20O3. The third kappa shape index (κ3) is 1.68. The molecule has 4 fully saturated rings. The molecule has 0 amide bonds. The number of phenols is 1. The number of hydrogen-bond acceptors (Lipinski definition) is 2. The van der Waals surface area contributed by atoms with Crippen molar-refractivity contribution in [2.75, 3.05) is 0 Å². The summed E-state index contributed by atoms with van der Waals surface area (Å²) < 4.78 is 0. The summed E-state index contributed by atoms with van der Waals surface area (Å²) in [5.74, 6) is 1.67. The molecule has 1 aromatic carbocycles. The predicted octanol–water partition coefficient (Wildman–Crippen LogP) is 3.56. The van der Waals surface area contributed by atoms with Crippen molar-refractivity contribution in [2.45, 2.75) is 43.9 Å². The maximum absolute atomic E-state index is 11.0. The van der Waals surface area contributed by atoms with Gasteiger partial charge in [-0.25, -0.2) is 4.79 Å². The Morgan fingerprint density at radius 3 is 2.05 bits per heavy atom. The SMILES string of the molecule is O=C(O)c1ccc(C23CC4CC(CC(C4)C2)C3)c(O)c1. The monoisotopic (exact) mass is 272 g/mol. The van der Waals surface area contributed by atoms with Gasteiger partial charge in [-0.05, 0) is 73.8 Å². The molecule has 0 unspecified atom stereocenters. The summed E-state index contributed by atoms with van der Waals surface area (Å²) >= 11 is 0. The van der Waals surface area contributed by atoms with Gasteiger partial charge in [0, 0.05) is 5.56 Å². The zero-order valence-electron chi connectivity index (χ0n) is 11.5. The molecular weight excluding hydrogens is 252 g/mol. The fourth-order valence-corrected chi connectivity index (χ4v) is 5.55. The molecule has 4 aliphatic carbocycles. The van der Waals surface area contributed by atoms with Gasteiger partial charge in [0.1, 0.15) is 5.75 Å². The number of benzene rings is 1. The number of carboxylic acid groups (broad SMARTS) is 1. The molecule has 20 heavy (non-hydrogen) atoms. The van der Waals surface area contributed by atoms with E-state index in [4.69, 9.17) is 5.11 Å². The molecule has 0 heterocycles. The van der Waals surface area contributed by atoms with Crippen molar-refractivity contribution in [1.82, 2.24) is 0 Å². The summed E-state index contributed by atoms with van der Waals surface area (Å²) in [7, 11) is 0. The van der Waals surface area contributed by atoms with E-state index in [-0.39, 0.29) is 16.7 Å². The highest BCUT2D eigenvalue weighted by Gasteiger charge is 2.52. The van der Waals surface area contributed by atoms with Gasteiger partial charge in [0.2, 0.25) is 0 Å². The van der Waals surface area contributed by atoms with Crippen LogP contribution in [0.1, 0.15) is 54.4 Å². The number of aromatic hydroxyl groups is 1. The first-order chi connectivity index (χ1) is 9.56. The summed E-state index contributed by atoms with van der Waals surface area (Å²) in [6.07, 6.45) is 7.64. The first-order valence-corrected chi connectivity index (χ1v) is 7.62. The van der Waals surface area contributed by atoms with Crippen molar-refractivity contribution in [3.05, 3.63) is 29.3 Å². The quantitative estimate of drug-likeness (QED) is 0.865.